The minimum atomic E-state index is 0.407. The summed E-state index contributed by atoms with van der Waals surface area (Å²) in [6, 6.07) is 8.03. The molecule has 0 unspecified atom stereocenters. The number of nitrogens with two attached hydrogens (primary N) is 1. The molecule has 0 radical (unpaired) electrons. The molecule has 1 fully saturated rings. The summed E-state index contributed by atoms with van der Waals surface area (Å²) >= 11 is 0. The Balaban J connectivity index is 1.69. The molecule has 20 heavy (non-hydrogen) atoms. The third-order valence-corrected chi connectivity index (χ3v) is 3.89. The van der Waals surface area contributed by atoms with Crippen molar-refractivity contribution in [2.24, 2.45) is 0 Å². The molecular formula is C15H20N4O. The molecule has 0 aliphatic heterocycles. The molecule has 2 N–H and O–H groups in total. The zero-order valence-corrected chi connectivity index (χ0v) is 11.5. The molecular weight excluding hydrogens is 252 g/mol. The Bertz CT molecular complexity index is 561. The lowest BCUT2D eigenvalue weighted by atomic mass is 9.95. The predicted molar refractivity (Wildman–Crippen MR) is 77.3 cm³/mol. The molecule has 0 saturated heterocycles. The minimum absolute atomic E-state index is 0.407. The van der Waals surface area contributed by atoms with Gasteiger partial charge in [-0.3, -0.25) is 0 Å². The number of hydrogen-bond acceptors (Lipinski definition) is 4. The average molecular weight is 272 g/mol. The van der Waals surface area contributed by atoms with Gasteiger partial charge in [-0.15, -0.1) is 10.2 Å². The highest BCUT2D eigenvalue weighted by Crippen LogP contribution is 2.29. The van der Waals surface area contributed by atoms with Gasteiger partial charge in [0.15, 0.2) is 5.82 Å². The maximum Gasteiger partial charge on any atom is 0.171 e. The topological polar surface area (TPSA) is 66.0 Å². The number of para-hydroxylation sites is 2. The highest BCUT2D eigenvalue weighted by Gasteiger charge is 2.18. The van der Waals surface area contributed by atoms with Gasteiger partial charge in [-0.05, 0) is 25.0 Å². The lowest BCUT2D eigenvalue weighted by Gasteiger charge is -2.24. The molecule has 1 heterocycles. The number of hydrogen-bond donors (Lipinski definition) is 1. The van der Waals surface area contributed by atoms with Crippen molar-refractivity contribution < 1.29 is 4.74 Å². The second-order valence-electron chi connectivity index (χ2n) is 5.27. The van der Waals surface area contributed by atoms with E-state index >= 15 is 0 Å². The Morgan fingerprint density at radius 2 is 2.00 bits per heavy atom. The molecule has 3 rings (SSSR count). The van der Waals surface area contributed by atoms with E-state index in [0.717, 1.165) is 5.82 Å². The van der Waals surface area contributed by atoms with Crippen LogP contribution in [0.5, 0.6) is 5.75 Å². The molecule has 1 aliphatic rings. The van der Waals surface area contributed by atoms with E-state index in [2.05, 4.69) is 14.8 Å². The van der Waals surface area contributed by atoms with E-state index in [1.165, 1.54) is 32.1 Å². The fourth-order valence-electron chi connectivity index (χ4n) is 2.79. The summed E-state index contributed by atoms with van der Waals surface area (Å²) < 4.78 is 7.93. The van der Waals surface area contributed by atoms with E-state index in [4.69, 9.17) is 10.5 Å². The van der Waals surface area contributed by atoms with E-state index in [0.29, 0.717) is 24.1 Å². The van der Waals surface area contributed by atoms with Gasteiger partial charge in [-0.1, -0.05) is 31.4 Å². The molecule has 1 saturated carbocycles. The van der Waals surface area contributed by atoms with Crippen molar-refractivity contribution in [1.29, 1.82) is 0 Å². The third-order valence-electron chi connectivity index (χ3n) is 3.89. The van der Waals surface area contributed by atoms with Crippen LogP contribution in [0.3, 0.4) is 0 Å². The molecule has 2 aromatic rings. The summed E-state index contributed by atoms with van der Waals surface area (Å²) in [5, 5.41) is 8.22. The molecule has 0 spiro atoms. The second kappa shape index (κ2) is 5.94. The van der Waals surface area contributed by atoms with Gasteiger partial charge in [0.05, 0.1) is 5.69 Å². The van der Waals surface area contributed by atoms with E-state index in [-0.39, 0.29) is 0 Å². The Morgan fingerprint density at radius 3 is 2.80 bits per heavy atom. The molecule has 1 aromatic heterocycles. The summed E-state index contributed by atoms with van der Waals surface area (Å²) in [5.74, 6) is 1.57. The smallest absolute Gasteiger partial charge is 0.171 e. The van der Waals surface area contributed by atoms with Crippen LogP contribution in [-0.4, -0.2) is 14.8 Å². The third kappa shape index (κ3) is 2.76. The summed E-state index contributed by atoms with van der Waals surface area (Å²) in [7, 11) is 0. The first-order valence-electron chi connectivity index (χ1n) is 7.20. The largest absolute Gasteiger partial charge is 0.483 e. The Hall–Kier alpha value is -2.04. The number of nitrogen functional groups attached to an aromatic ring is 1. The van der Waals surface area contributed by atoms with Crippen LogP contribution in [0.4, 0.5) is 5.69 Å². The summed E-state index contributed by atoms with van der Waals surface area (Å²) in [6.45, 7) is 0.407. The number of rotatable bonds is 4. The molecule has 1 aromatic carbocycles. The van der Waals surface area contributed by atoms with E-state index in [9.17, 15) is 0 Å². The number of aromatic nitrogens is 3. The molecule has 106 valence electrons. The van der Waals surface area contributed by atoms with Gasteiger partial charge in [0.25, 0.3) is 0 Å². The van der Waals surface area contributed by atoms with Crippen molar-refractivity contribution >= 4 is 5.69 Å². The number of nitrogens with zero attached hydrogens (tertiary/aromatic N) is 3. The van der Waals surface area contributed by atoms with Gasteiger partial charge in [0, 0.05) is 6.04 Å². The van der Waals surface area contributed by atoms with Crippen molar-refractivity contribution in [3.63, 3.8) is 0 Å². The number of anilines is 1. The van der Waals surface area contributed by atoms with Crippen molar-refractivity contribution in [2.45, 2.75) is 44.8 Å². The van der Waals surface area contributed by atoms with Crippen molar-refractivity contribution in [3.05, 3.63) is 36.4 Å². The number of benzene rings is 1. The van der Waals surface area contributed by atoms with Crippen molar-refractivity contribution in [1.82, 2.24) is 14.8 Å². The first-order chi connectivity index (χ1) is 9.84. The molecule has 1 aliphatic carbocycles. The lowest BCUT2D eigenvalue weighted by molar-refractivity contribution is 0.272. The predicted octanol–water partition coefficient (Wildman–Crippen LogP) is 2.94. The van der Waals surface area contributed by atoms with Crippen LogP contribution in [0.2, 0.25) is 0 Å². The highest BCUT2D eigenvalue weighted by atomic mass is 16.5. The Morgan fingerprint density at radius 1 is 1.20 bits per heavy atom. The maximum absolute atomic E-state index is 5.87. The standard InChI is InChI=1S/C15H20N4O/c16-13-8-4-5-9-14(13)20-10-15-18-17-11-19(15)12-6-2-1-3-7-12/h4-5,8-9,11-12H,1-3,6-7,10,16H2. The average Bonchev–Trinajstić information content (AvgIpc) is 2.96. The summed E-state index contributed by atoms with van der Waals surface area (Å²) in [4.78, 5) is 0. The molecule has 0 bridgehead atoms. The van der Waals surface area contributed by atoms with Gasteiger partial charge in [0.1, 0.15) is 18.7 Å². The van der Waals surface area contributed by atoms with Gasteiger partial charge in [-0.25, -0.2) is 0 Å². The van der Waals surface area contributed by atoms with Gasteiger partial charge in [0.2, 0.25) is 0 Å². The van der Waals surface area contributed by atoms with E-state index in [1.807, 2.05) is 30.6 Å². The fraction of sp³-hybridized carbons (Fsp3) is 0.467. The van der Waals surface area contributed by atoms with Crippen LogP contribution in [0.25, 0.3) is 0 Å². The van der Waals surface area contributed by atoms with Gasteiger partial charge >= 0.3 is 0 Å². The van der Waals surface area contributed by atoms with Crippen LogP contribution in [0, 0.1) is 0 Å². The van der Waals surface area contributed by atoms with E-state index in [1.54, 1.807) is 0 Å². The van der Waals surface area contributed by atoms with Crippen LogP contribution in [0.1, 0.15) is 44.0 Å². The van der Waals surface area contributed by atoms with Crippen LogP contribution < -0.4 is 10.5 Å². The highest BCUT2D eigenvalue weighted by molar-refractivity contribution is 5.51. The minimum Gasteiger partial charge on any atom is -0.483 e. The van der Waals surface area contributed by atoms with Gasteiger partial charge < -0.3 is 15.0 Å². The maximum atomic E-state index is 5.87. The first-order valence-corrected chi connectivity index (χ1v) is 7.20. The lowest BCUT2D eigenvalue weighted by Crippen LogP contribution is -2.16. The fourth-order valence-corrected chi connectivity index (χ4v) is 2.79. The Labute approximate surface area is 118 Å². The molecule has 5 heteroatoms. The Kier molecular flexibility index (Phi) is 3.85. The SMILES string of the molecule is Nc1ccccc1OCc1nncn1C1CCCCC1. The first kappa shape index (κ1) is 13.0. The van der Waals surface area contributed by atoms with Crippen molar-refractivity contribution in [2.75, 3.05) is 5.73 Å². The van der Waals surface area contributed by atoms with Gasteiger partial charge in [-0.2, -0.15) is 0 Å². The normalized spacial score (nSPS) is 16.2. The zero-order chi connectivity index (χ0) is 13.8. The molecule has 0 amide bonds. The van der Waals surface area contributed by atoms with E-state index < -0.39 is 0 Å². The molecule has 0 atom stereocenters. The quantitative estimate of drug-likeness (QED) is 0.869. The summed E-state index contributed by atoms with van der Waals surface area (Å²) in [6.07, 6.45) is 8.15. The zero-order valence-electron chi connectivity index (χ0n) is 11.5. The summed E-state index contributed by atoms with van der Waals surface area (Å²) in [5.41, 5.74) is 6.52. The monoisotopic (exact) mass is 272 g/mol. The second-order valence-corrected chi connectivity index (χ2v) is 5.27. The van der Waals surface area contributed by atoms with Crippen LogP contribution in [-0.2, 0) is 6.61 Å². The molecule has 5 nitrogen and oxygen atoms in total. The van der Waals surface area contributed by atoms with Crippen LogP contribution in [0.15, 0.2) is 30.6 Å². The van der Waals surface area contributed by atoms with Crippen LogP contribution >= 0.6 is 0 Å². The van der Waals surface area contributed by atoms with Crippen molar-refractivity contribution in [3.8, 4) is 5.75 Å². The number of ether oxygens (including phenoxy) is 1.